The van der Waals surface area contributed by atoms with Crippen LogP contribution in [-0.4, -0.2) is 41.6 Å². The van der Waals surface area contributed by atoms with Gasteiger partial charge in [0.05, 0.1) is 11.7 Å². The number of ether oxygens (including phenoxy) is 1. The van der Waals surface area contributed by atoms with E-state index in [9.17, 15) is 19.1 Å². The van der Waals surface area contributed by atoms with Crippen LogP contribution in [0, 0.1) is 17.5 Å². The number of halogens is 3. The van der Waals surface area contributed by atoms with Gasteiger partial charge in [-0.15, -0.1) is 0 Å². The molecular formula is C33H32F3N3O4. The highest BCUT2D eigenvalue weighted by Gasteiger charge is 2.29. The van der Waals surface area contributed by atoms with Crippen molar-refractivity contribution in [3.8, 4) is 5.75 Å². The second kappa shape index (κ2) is 13.2. The van der Waals surface area contributed by atoms with Gasteiger partial charge in [0.15, 0.2) is 17.4 Å². The monoisotopic (exact) mass is 591 g/mol. The summed E-state index contributed by atoms with van der Waals surface area (Å²) in [5, 5.41) is 12.9. The second-order valence-corrected chi connectivity index (χ2v) is 10.7. The van der Waals surface area contributed by atoms with Gasteiger partial charge in [-0.2, -0.15) is 0 Å². The average Bonchev–Trinajstić information content (AvgIpc) is 2.99. The van der Waals surface area contributed by atoms with Crippen LogP contribution in [-0.2, 0) is 11.2 Å². The topological polar surface area (TPSA) is 105 Å². The van der Waals surface area contributed by atoms with E-state index in [0.717, 1.165) is 29.8 Å². The lowest BCUT2D eigenvalue weighted by atomic mass is 9.91. The van der Waals surface area contributed by atoms with E-state index < -0.39 is 40.9 Å². The lowest BCUT2D eigenvalue weighted by Crippen LogP contribution is -2.46. The predicted molar refractivity (Wildman–Crippen MR) is 156 cm³/mol. The fraction of sp³-hybridized carbons (Fsp3) is 0.273. The van der Waals surface area contributed by atoms with Gasteiger partial charge in [0.25, 0.3) is 0 Å². The molecule has 3 aromatic carbocycles. The molecule has 4 N–H and O–H groups in total. The van der Waals surface area contributed by atoms with E-state index in [1.807, 2.05) is 30.3 Å². The number of nitrogens with zero attached hydrogens (tertiary/aromatic N) is 1. The molecule has 3 aromatic rings. The highest BCUT2D eigenvalue weighted by atomic mass is 19.1. The number of carboxylic acid groups (broad SMARTS) is 1. The summed E-state index contributed by atoms with van der Waals surface area (Å²) in [5.74, 6) is -3.81. The molecule has 0 bridgehead atoms. The number of ketones is 1. The van der Waals surface area contributed by atoms with E-state index in [0.29, 0.717) is 32.1 Å². The van der Waals surface area contributed by atoms with Gasteiger partial charge in [0.1, 0.15) is 29.1 Å². The van der Waals surface area contributed by atoms with Crippen LogP contribution in [0.15, 0.2) is 90.3 Å². The maximum Gasteiger partial charge on any atom is 0.321 e. The Morgan fingerprint density at radius 3 is 2.26 bits per heavy atom. The summed E-state index contributed by atoms with van der Waals surface area (Å²) in [6.45, 7) is 0.0404. The zero-order chi connectivity index (χ0) is 30.5. The summed E-state index contributed by atoms with van der Waals surface area (Å²) in [7, 11) is 0. The fourth-order valence-electron chi connectivity index (χ4n) is 5.53. The number of benzene rings is 3. The summed E-state index contributed by atoms with van der Waals surface area (Å²) >= 11 is 0. The summed E-state index contributed by atoms with van der Waals surface area (Å²) in [5.41, 5.74) is 6.96. The van der Waals surface area contributed by atoms with E-state index in [4.69, 9.17) is 10.5 Å². The summed E-state index contributed by atoms with van der Waals surface area (Å²) in [4.78, 5) is 26.0. The van der Waals surface area contributed by atoms with Crippen LogP contribution >= 0.6 is 0 Å². The van der Waals surface area contributed by atoms with Crippen molar-refractivity contribution >= 4 is 17.4 Å². The normalized spacial score (nSPS) is 19.3. The van der Waals surface area contributed by atoms with Gasteiger partial charge in [-0.05, 0) is 68.0 Å². The maximum absolute atomic E-state index is 15.3. The average molecular weight is 592 g/mol. The molecule has 5 rings (SSSR count). The summed E-state index contributed by atoms with van der Waals surface area (Å²) in [6.07, 6.45) is 5.60. The van der Waals surface area contributed by atoms with Crippen molar-refractivity contribution < 1.29 is 32.6 Å². The molecular weight excluding hydrogens is 559 g/mol. The van der Waals surface area contributed by atoms with Crippen molar-refractivity contribution in [2.24, 2.45) is 5.73 Å². The standard InChI is InChI=1S/C33H32F3N3O4/c34-22-10-8-21(9-11-22)31(40)26-7-4-16-39(32(26)37)30-27(35)18-25(19-28(30)36)43-24-14-12-23(13-15-24)38-29(33(41)42)17-20-5-2-1-3-6-20/h1-11,18-19,23-24,29,38H,12-17,37H2,(H,41,42)/t23?,24?,29-/m0/s1. The maximum atomic E-state index is 15.3. The number of anilines is 1. The van der Waals surface area contributed by atoms with Crippen LogP contribution in [0.2, 0.25) is 0 Å². The molecule has 1 fully saturated rings. The van der Waals surface area contributed by atoms with Crippen LogP contribution in [0.3, 0.4) is 0 Å². The van der Waals surface area contributed by atoms with Gasteiger partial charge in [-0.1, -0.05) is 36.4 Å². The minimum atomic E-state index is -0.917. The van der Waals surface area contributed by atoms with E-state index >= 15 is 8.78 Å². The first-order chi connectivity index (χ1) is 20.7. The molecule has 1 atom stereocenters. The molecule has 10 heteroatoms. The minimum absolute atomic E-state index is 0.0192. The number of hydrogen-bond donors (Lipinski definition) is 3. The third kappa shape index (κ3) is 7.09. The Balaban J connectivity index is 1.22. The number of rotatable bonds is 10. The predicted octanol–water partition coefficient (Wildman–Crippen LogP) is 5.51. The summed E-state index contributed by atoms with van der Waals surface area (Å²) < 4.78 is 49.9. The molecule has 224 valence electrons. The van der Waals surface area contributed by atoms with Crippen molar-refractivity contribution in [1.82, 2.24) is 5.32 Å². The van der Waals surface area contributed by atoms with Crippen LogP contribution < -0.4 is 20.7 Å². The molecule has 0 aromatic heterocycles. The number of carbonyl (C=O) groups excluding carboxylic acids is 1. The lowest BCUT2D eigenvalue weighted by molar-refractivity contribution is -0.139. The van der Waals surface area contributed by atoms with Crippen molar-refractivity contribution in [2.75, 3.05) is 11.4 Å². The van der Waals surface area contributed by atoms with Gasteiger partial charge >= 0.3 is 5.97 Å². The third-order valence-corrected chi connectivity index (χ3v) is 7.75. The first-order valence-corrected chi connectivity index (χ1v) is 14.1. The number of carboxylic acids is 1. The smallest absolute Gasteiger partial charge is 0.321 e. The molecule has 1 aliphatic heterocycles. The van der Waals surface area contributed by atoms with Crippen LogP contribution in [0.4, 0.5) is 18.9 Å². The van der Waals surface area contributed by atoms with Gasteiger partial charge in [-0.25, -0.2) is 13.2 Å². The highest BCUT2D eigenvalue weighted by molar-refractivity contribution is 6.11. The zero-order valence-electron chi connectivity index (χ0n) is 23.3. The highest BCUT2D eigenvalue weighted by Crippen LogP contribution is 2.34. The molecule has 1 aliphatic carbocycles. The van der Waals surface area contributed by atoms with Crippen LogP contribution in [0.1, 0.15) is 41.6 Å². The zero-order valence-corrected chi connectivity index (χ0v) is 23.3. The number of nitrogens with two attached hydrogens (primary N) is 1. The molecule has 0 saturated heterocycles. The molecule has 1 saturated carbocycles. The Morgan fingerprint density at radius 2 is 1.63 bits per heavy atom. The van der Waals surface area contributed by atoms with Gasteiger partial charge in [0, 0.05) is 30.3 Å². The summed E-state index contributed by atoms with van der Waals surface area (Å²) in [6, 6.07) is 15.8. The first-order valence-electron chi connectivity index (χ1n) is 14.1. The van der Waals surface area contributed by atoms with E-state index in [1.165, 1.54) is 23.1 Å². The fourth-order valence-corrected chi connectivity index (χ4v) is 5.53. The quantitative estimate of drug-likeness (QED) is 0.267. The number of Topliss-reactive ketones (excluding diaryl/α,β-unsaturated/α-hetero) is 1. The van der Waals surface area contributed by atoms with Gasteiger partial charge in [-0.3, -0.25) is 9.59 Å². The molecule has 43 heavy (non-hydrogen) atoms. The lowest BCUT2D eigenvalue weighted by Gasteiger charge is -2.32. The Morgan fingerprint density at radius 1 is 0.977 bits per heavy atom. The van der Waals surface area contributed by atoms with Gasteiger partial charge in [0.2, 0.25) is 0 Å². The molecule has 0 spiro atoms. The van der Waals surface area contributed by atoms with Crippen LogP contribution in [0.5, 0.6) is 5.75 Å². The number of nitrogens with one attached hydrogen (secondary N) is 1. The molecule has 7 nitrogen and oxygen atoms in total. The molecule has 0 radical (unpaired) electrons. The number of hydrogen-bond acceptors (Lipinski definition) is 6. The van der Waals surface area contributed by atoms with Crippen LogP contribution in [0.25, 0.3) is 0 Å². The van der Waals surface area contributed by atoms with Crippen molar-refractivity contribution in [3.05, 3.63) is 119 Å². The Kier molecular flexibility index (Phi) is 9.16. The van der Waals surface area contributed by atoms with Crippen molar-refractivity contribution in [1.29, 1.82) is 0 Å². The van der Waals surface area contributed by atoms with E-state index in [1.54, 1.807) is 6.08 Å². The third-order valence-electron chi connectivity index (χ3n) is 7.75. The SMILES string of the molecule is NC1=C(C(=O)c2ccc(F)cc2)C=CCN1c1c(F)cc(OC2CCC(N[C@@H](Cc3ccccc3)C(=O)O)CC2)cc1F. The largest absolute Gasteiger partial charge is 0.490 e. The Hall–Kier alpha value is -4.57. The van der Waals surface area contributed by atoms with Crippen molar-refractivity contribution in [3.63, 3.8) is 0 Å². The molecule has 0 amide bonds. The second-order valence-electron chi connectivity index (χ2n) is 10.7. The minimum Gasteiger partial charge on any atom is -0.490 e. The molecule has 0 unspecified atom stereocenters. The Bertz CT molecular complexity index is 1510. The van der Waals surface area contributed by atoms with Crippen molar-refractivity contribution in [2.45, 2.75) is 50.3 Å². The van der Waals surface area contributed by atoms with Gasteiger partial charge < -0.3 is 25.8 Å². The number of carbonyl (C=O) groups is 2. The Labute approximate surface area is 247 Å². The van der Waals surface area contributed by atoms with E-state index in [2.05, 4.69) is 5.32 Å². The van der Waals surface area contributed by atoms with E-state index in [-0.39, 0.29) is 41.4 Å². The number of allylic oxidation sites excluding steroid dienone is 2. The molecule has 2 aliphatic rings. The number of aliphatic carboxylic acids is 1. The molecule has 1 heterocycles. The first kappa shape index (κ1) is 29.9.